The van der Waals surface area contributed by atoms with Gasteiger partial charge >= 0.3 is 0 Å². The van der Waals surface area contributed by atoms with Crippen LogP contribution in [0.2, 0.25) is 0 Å². The van der Waals surface area contributed by atoms with Gasteiger partial charge in [0.25, 0.3) is 0 Å². The van der Waals surface area contributed by atoms with Crippen LogP contribution in [-0.2, 0) is 11.2 Å². The van der Waals surface area contributed by atoms with Crippen molar-refractivity contribution >= 4 is 5.69 Å². The zero-order chi connectivity index (χ0) is 11.7. The second kappa shape index (κ2) is 4.22. The van der Waals surface area contributed by atoms with Gasteiger partial charge in [-0.1, -0.05) is 6.07 Å². The normalized spacial score (nSPS) is 26.6. The van der Waals surface area contributed by atoms with E-state index in [1.807, 2.05) is 6.07 Å². The monoisotopic (exact) mass is 233 g/mol. The van der Waals surface area contributed by atoms with Crippen LogP contribution < -0.4 is 10.1 Å². The molecular formula is C14H19NO2. The van der Waals surface area contributed by atoms with Gasteiger partial charge < -0.3 is 14.8 Å². The van der Waals surface area contributed by atoms with Gasteiger partial charge in [-0.25, -0.2) is 0 Å². The summed E-state index contributed by atoms with van der Waals surface area (Å²) in [5, 5.41) is 3.37. The van der Waals surface area contributed by atoms with Gasteiger partial charge in [-0.15, -0.1) is 0 Å². The lowest BCUT2D eigenvalue weighted by Gasteiger charge is -2.23. The highest BCUT2D eigenvalue weighted by Gasteiger charge is 2.31. The zero-order valence-electron chi connectivity index (χ0n) is 10.3. The van der Waals surface area contributed by atoms with Crippen molar-refractivity contribution in [2.45, 2.75) is 31.8 Å². The first-order chi connectivity index (χ1) is 8.27. The molecule has 1 aromatic carbocycles. The quantitative estimate of drug-likeness (QED) is 0.870. The van der Waals surface area contributed by atoms with Crippen LogP contribution in [-0.4, -0.2) is 25.4 Å². The summed E-state index contributed by atoms with van der Waals surface area (Å²) in [7, 11) is 0. The third kappa shape index (κ3) is 2.12. The molecule has 0 radical (unpaired) electrons. The highest BCUT2D eigenvalue weighted by atomic mass is 16.5. The highest BCUT2D eigenvalue weighted by molar-refractivity contribution is 5.61. The first-order valence-corrected chi connectivity index (χ1v) is 6.39. The van der Waals surface area contributed by atoms with Crippen LogP contribution in [0.1, 0.15) is 25.3 Å². The second-order valence-electron chi connectivity index (χ2n) is 5.15. The summed E-state index contributed by atoms with van der Waals surface area (Å²) in [6.45, 7) is 4.68. The average Bonchev–Trinajstić information content (AvgIpc) is 2.95. The summed E-state index contributed by atoms with van der Waals surface area (Å²) in [4.78, 5) is 0. The Kier molecular flexibility index (Phi) is 2.71. The van der Waals surface area contributed by atoms with Crippen molar-refractivity contribution in [2.75, 3.05) is 25.1 Å². The topological polar surface area (TPSA) is 30.5 Å². The van der Waals surface area contributed by atoms with Crippen molar-refractivity contribution < 1.29 is 9.47 Å². The minimum atomic E-state index is -0.0885. The van der Waals surface area contributed by atoms with E-state index >= 15 is 0 Å². The molecule has 2 aliphatic rings. The van der Waals surface area contributed by atoms with Crippen molar-refractivity contribution in [2.24, 2.45) is 0 Å². The van der Waals surface area contributed by atoms with E-state index in [2.05, 4.69) is 24.4 Å². The summed E-state index contributed by atoms with van der Waals surface area (Å²) in [6.07, 6.45) is 3.30. The molecule has 1 saturated heterocycles. The van der Waals surface area contributed by atoms with Crippen LogP contribution in [0, 0.1) is 0 Å². The van der Waals surface area contributed by atoms with Gasteiger partial charge in [0, 0.05) is 24.4 Å². The van der Waals surface area contributed by atoms with Gasteiger partial charge in [-0.05, 0) is 38.3 Å². The first-order valence-electron chi connectivity index (χ1n) is 6.39. The molecular weight excluding hydrogens is 214 g/mol. The minimum Gasteiger partial charge on any atom is -0.490 e. The number of ether oxygens (including phenoxy) is 2. The maximum atomic E-state index is 5.97. The van der Waals surface area contributed by atoms with Crippen LogP contribution in [0.15, 0.2) is 18.2 Å². The molecule has 3 rings (SSSR count). The smallest absolute Gasteiger partial charge is 0.124 e. The van der Waals surface area contributed by atoms with E-state index in [0.717, 1.165) is 38.2 Å². The molecule has 2 heterocycles. The number of hydrogen-bond acceptors (Lipinski definition) is 3. The molecule has 92 valence electrons. The van der Waals surface area contributed by atoms with E-state index in [4.69, 9.17) is 9.47 Å². The van der Waals surface area contributed by atoms with Gasteiger partial charge in [0.05, 0.1) is 5.60 Å². The molecule has 0 spiro atoms. The Morgan fingerprint density at radius 1 is 1.47 bits per heavy atom. The Bertz CT molecular complexity index is 411. The van der Waals surface area contributed by atoms with Crippen LogP contribution in [0.4, 0.5) is 5.69 Å². The Morgan fingerprint density at radius 2 is 2.41 bits per heavy atom. The number of nitrogens with one attached hydrogen (secondary N) is 1. The first kappa shape index (κ1) is 10.9. The van der Waals surface area contributed by atoms with E-state index in [-0.39, 0.29) is 5.60 Å². The third-order valence-electron chi connectivity index (χ3n) is 3.66. The average molecular weight is 233 g/mol. The van der Waals surface area contributed by atoms with Crippen molar-refractivity contribution in [3.8, 4) is 5.75 Å². The summed E-state index contributed by atoms with van der Waals surface area (Å²) in [5.41, 5.74) is 2.45. The van der Waals surface area contributed by atoms with Gasteiger partial charge in [-0.2, -0.15) is 0 Å². The maximum absolute atomic E-state index is 5.97. The number of rotatable bonds is 3. The fraction of sp³-hybridized carbons (Fsp3) is 0.571. The molecule has 0 aromatic heterocycles. The fourth-order valence-electron chi connectivity index (χ4n) is 2.63. The van der Waals surface area contributed by atoms with E-state index in [1.54, 1.807) is 0 Å². The standard InChI is InChI=1S/C14H19NO2/c1-14(7-3-9-17-14)10-16-13-5-2-4-12-11(13)6-8-15-12/h2,4-5,15H,3,6-10H2,1H3. The highest BCUT2D eigenvalue weighted by Crippen LogP contribution is 2.32. The zero-order valence-corrected chi connectivity index (χ0v) is 10.3. The predicted octanol–water partition coefficient (Wildman–Crippen LogP) is 2.60. The Balaban J connectivity index is 1.71. The number of anilines is 1. The van der Waals surface area contributed by atoms with Gasteiger partial charge in [-0.3, -0.25) is 0 Å². The van der Waals surface area contributed by atoms with Gasteiger partial charge in [0.15, 0.2) is 0 Å². The number of benzene rings is 1. The Morgan fingerprint density at radius 3 is 3.24 bits per heavy atom. The summed E-state index contributed by atoms with van der Waals surface area (Å²) < 4.78 is 11.7. The van der Waals surface area contributed by atoms with Crippen molar-refractivity contribution in [1.29, 1.82) is 0 Å². The lowest BCUT2D eigenvalue weighted by atomic mass is 10.0. The molecule has 2 aliphatic heterocycles. The van der Waals surface area contributed by atoms with Crippen LogP contribution in [0.5, 0.6) is 5.75 Å². The second-order valence-corrected chi connectivity index (χ2v) is 5.15. The molecule has 17 heavy (non-hydrogen) atoms. The molecule has 1 unspecified atom stereocenters. The molecule has 1 atom stereocenters. The molecule has 0 amide bonds. The van der Waals surface area contributed by atoms with E-state index < -0.39 is 0 Å². The fourth-order valence-corrected chi connectivity index (χ4v) is 2.63. The molecule has 1 N–H and O–H groups in total. The van der Waals surface area contributed by atoms with Crippen molar-refractivity contribution in [3.63, 3.8) is 0 Å². The van der Waals surface area contributed by atoms with Crippen LogP contribution >= 0.6 is 0 Å². The summed E-state index contributed by atoms with van der Waals surface area (Å²) in [6, 6.07) is 6.22. The van der Waals surface area contributed by atoms with Crippen molar-refractivity contribution in [3.05, 3.63) is 23.8 Å². The molecule has 3 nitrogen and oxygen atoms in total. The van der Waals surface area contributed by atoms with E-state index in [1.165, 1.54) is 11.3 Å². The lowest BCUT2D eigenvalue weighted by molar-refractivity contribution is -0.0160. The van der Waals surface area contributed by atoms with Crippen LogP contribution in [0.3, 0.4) is 0 Å². The van der Waals surface area contributed by atoms with Crippen molar-refractivity contribution in [1.82, 2.24) is 0 Å². The Labute approximate surface area is 102 Å². The van der Waals surface area contributed by atoms with Gasteiger partial charge in [0.1, 0.15) is 12.4 Å². The summed E-state index contributed by atoms with van der Waals surface area (Å²) >= 11 is 0. The maximum Gasteiger partial charge on any atom is 0.124 e. The minimum absolute atomic E-state index is 0.0885. The SMILES string of the molecule is CC1(COc2cccc3c2CCN3)CCCO1. The molecule has 1 aromatic rings. The largest absolute Gasteiger partial charge is 0.490 e. The molecule has 0 aliphatic carbocycles. The van der Waals surface area contributed by atoms with E-state index in [9.17, 15) is 0 Å². The van der Waals surface area contributed by atoms with E-state index in [0.29, 0.717) is 6.61 Å². The van der Waals surface area contributed by atoms with Gasteiger partial charge in [0.2, 0.25) is 0 Å². The lowest BCUT2D eigenvalue weighted by Crippen LogP contribution is -2.31. The molecule has 1 fully saturated rings. The predicted molar refractivity (Wildman–Crippen MR) is 67.7 cm³/mol. The molecule has 0 saturated carbocycles. The molecule has 0 bridgehead atoms. The summed E-state index contributed by atoms with van der Waals surface area (Å²) in [5.74, 6) is 1.02. The number of hydrogen-bond donors (Lipinski definition) is 1. The Hall–Kier alpha value is -1.22. The van der Waals surface area contributed by atoms with Crippen LogP contribution in [0.25, 0.3) is 0 Å². The molecule has 3 heteroatoms. The third-order valence-corrected chi connectivity index (χ3v) is 3.66. The number of fused-ring (bicyclic) bond motifs is 1.